The Balaban J connectivity index is 2.26. The standard InChI is InChI=1S/C13H14N2O6/c16-10(17)3-7-8(5-15-11(7)13(20)21)6-1-2-9(12(18)19)14-4-6/h1-2,4,7-8,11,15H,3,5H2,(H,16,17)(H,18,19)(H,20,21). The summed E-state index contributed by atoms with van der Waals surface area (Å²) in [5.41, 5.74) is 0.511. The number of hydrogen-bond acceptors (Lipinski definition) is 5. The fourth-order valence-electron chi connectivity index (χ4n) is 2.64. The molecular weight excluding hydrogens is 280 g/mol. The molecule has 8 heteroatoms. The first-order valence-corrected chi connectivity index (χ1v) is 6.27. The third kappa shape index (κ3) is 3.16. The molecule has 0 radical (unpaired) electrons. The van der Waals surface area contributed by atoms with Gasteiger partial charge in [0, 0.05) is 24.6 Å². The van der Waals surface area contributed by atoms with Crippen molar-refractivity contribution >= 4 is 17.9 Å². The van der Waals surface area contributed by atoms with Crippen molar-refractivity contribution in [3.05, 3.63) is 29.6 Å². The molecule has 1 fully saturated rings. The molecule has 112 valence electrons. The Morgan fingerprint density at radius 3 is 2.43 bits per heavy atom. The minimum Gasteiger partial charge on any atom is -0.481 e. The topological polar surface area (TPSA) is 137 Å². The van der Waals surface area contributed by atoms with Crippen molar-refractivity contribution in [3.63, 3.8) is 0 Å². The molecule has 1 aliphatic heterocycles. The molecule has 8 nitrogen and oxygen atoms in total. The molecule has 4 N–H and O–H groups in total. The Hall–Kier alpha value is -2.48. The van der Waals surface area contributed by atoms with E-state index in [2.05, 4.69) is 10.3 Å². The summed E-state index contributed by atoms with van der Waals surface area (Å²) >= 11 is 0. The van der Waals surface area contributed by atoms with Gasteiger partial charge in [0.25, 0.3) is 0 Å². The van der Waals surface area contributed by atoms with Gasteiger partial charge in [0.05, 0.1) is 6.42 Å². The normalized spacial score (nSPS) is 24.7. The van der Waals surface area contributed by atoms with Crippen LogP contribution in [0.3, 0.4) is 0 Å². The molecule has 0 aliphatic carbocycles. The summed E-state index contributed by atoms with van der Waals surface area (Å²) < 4.78 is 0. The zero-order valence-electron chi connectivity index (χ0n) is 10.9. The van der Waals surface area contributed by atoms with Gasteiger partial charge in [-0.3, -0.25) is 9.59 Å². The van der Waals surface area contributed by atoms with E-state index < -0.39 is 29.9 Å². The minimum absolute atomic E-state index is 0.116. The summed E-state index contributed by atoms with van der Waals surface area (Å²) in [5, 5.41) is 29.7. The summed E-state index contributed by atoms with van der Waals surface area (Å²) in [6.45, 7) is 0.309. The lowest BCUT2D eigenvalue weighted by Crippen LogP contribution is -2.36. The predicted molar refractivity (Wildman–Crippen MR) is 69.1 cm³/mol. The van der Waals surface area contributed by atoms with Crippen LogP contribution in [0.15, 0.2) is 18.3 Å². The molecular formula is C13H14N2O6. The lowest BCUT2D eigenvalue weighted by Gasteiger charge is -2.20. The largest absolute Gasteiger partial charge is 0.481 e. The van der Waals surface area contributed by atoms with Crippen LogP contribution >= 0.6 is 0 Å². The van der Waals surface area contributed by atoms with Crippen molar-refractivity contribution in [2.24, 2.45) is 5.92 Å². The van der Waals surface area contributed by atoms with E-state index in [1.54, 1.807) is 6.07 Å². The van der Waals surface area contributed by atoms with Crippen LogP contribution in [0.4, 0.5) is 0 Å². The zero-order chi connectivity index (χ0) is 15.6. The van der Waals surface area contributed by atoms with Gasteiger partial charge in [-0.15, -0.1) is 0 Å². The van der Waals surface area contributed by atoms with Crippen LogP contribution in [0, 0.1) is 5.92 Å². The van der Waals surface area contributed by atoms with Crippen LogP contribution in [0.25, 0.3) is 0 Å². The van der Waals surface area contributed by atoms with Crippen molar-refractivity contribution in [1.29, 1.82) is 0 Å². The molecule has 2 heterocycles. The summed E-state index contributed by atoms with van der Waals surface area (Å²) in [6.07, 6.45) is 1.07. The van der Waals surface area contributed by atoms with Gasteiger partial charge in [0.15, 0.2) is 0 Å². The van der Waals surface area contributed by atoms with Crippen molar-refractivity contribution in [2.45, 2.75) is 18.4 Å². The summed E-state index contributed by atoms with van der Waals surface area (Å²) in [6, 6.07) is 1.93. The lowest BCUT2D eigenvalue weighted by molar-refractivity contribution is -0.142. The van der Waals surface area contributed by atoms with Crippen LogP contribution in [0.5, 0.6) is 0 Å². The second kappa shape index (κ2) is 5.88. The SMILES string of the molecule is O=C(O)CC1C(C(=O)O)NCC1c1ccc(C(=O)O)nc1. The van der Waals surface area contributed by atoms with Crippen molar-refractivity contribution in [2.75, 3.05) is 6.54 Å². The highest BCUT2D eigenvalue weighted by Crippen LogP contribution is 2.34. The van der Waals surface area contributed by atoms with Crippen molar-refractivity contribution in [3.8, 4) is 0 Å². The summed E-state index contributed by atoms with van der Waals surface area (Å²) in [4.78, 5) is 36.6. The fraction of sp³-hybridized carbons (Fsp3) is 0.385. The summed E-state index contributed by atoms with van der Waals surface area (Å²) in [7, 11) is 0. The molecule has 3 unspecified atom stereocenters. The molecule has 21 heavy (non-hydrogen) atoms. The van der Waals surface area contributed by atoms with Gasteiger partial charge in [-0.25, -0.2) is 9.78 Å². The predicted octanol–water partition coefficient (Wildman–Crippen LogP) is 0.0107. The molecule has 1 aliphatic rings. The van der Waals surface area contributed by atoms with Crippen LogP contribution < -0.4 is 5.32 Å². The van der Waals surface area contributed by atoms with Crippen LogP contribution in [-0.4, -0.2) is 50.8 Å². The first-order chi connectivity index (χ1) is 9.90. The molecule has 1 aromatic heterocycles. The first kappa shape index (κ1) is 14.9. The Labute approximate surface area is 119 Å². The number of rotatable bonds is 5. The lowest BCUT2D eigenvalue weighted by atomic mass is 9.83. The highest BCUT2D eigenvalue weighted by atomic mass is 16.4. The highest BCUT2D eigenvalue weighted by molar-refractivity contribution is 5.85. The van der Waals surface area contributed by atoms with Crippen LogP contribution in [0.2, 0.25) is 0 Å². The molecule has 3 atom stereocenters. The van der Waals surface area contributed by atoms with Gasteiger partial charge < -0.3 is 20.6 Å². The number of carboxylic acid groups (broad SMARTS) is 3. The maximum atomic E-state index is 11.2. The Morgan fingerprint density at radius 2 is 1.95 bits per heavy atom. The number of nitrogens with zero attached hydrogens (tertiary/aromatic N) is 1. The van der Waals surface area contributed by atoms with Gasteiger partial charge in [-0.2, -0.15) is 0 Å². The van der Waals surface area contributed by atoms with E-state index in [0.29, 0.717) is 12.1 Å². The van der Waals surface area contributed by atoms with Crippen LogP contribution in [-0.2, 0) is 9.59 Å². The molecule has 0 amide bonds. The second-order valence-electron chi connectivity index (χ2n) is 4.87. The maximum absolute atomic E-state index is 11.2. The fourth-order valence-corrected chi connectivity index (χ4v) is 2.64. The molecule has 1 saturated heterocycles. The second-order valence-corrected chi connectivity index (χ2v) is 4.87. The van der Waals surface area contributed by atoms with Gasteiger partial charge >= 0.3 is 17.9 Å². The van der Waals surface area contributed by atoms with E-state index >= 15 is 0 Å². The molecule has 0 saturated carbocycles. The number of carboxylic acids is 3. The Morgan fingerprint density at radius 1 is 1.24 bits per heavy atom. The minimum atomic E-state index is -1.16. The third-order valence-corrected chi connectivity index (χ3v) is 3.61. The van der Waals surface area contributed by atoms with Crippen molar-refractivity contribution in [1.82, 2.24) is 10.3 Å². The molecule has 2 rings (SSSR count). The van der Waals surface area contributed by atoms with E-state index in [4.69, 9.17) is 15.3 Å². The van der Waals surface area contributed by atoms with Gasteiger partial charge in [-0.05, 0) is 11.6 Å². The molecule has 0 spiro atoms. The van der Waals surface area contributed by atoms with Crippen LogP contribution in [0.1, 0.15) is 28.4 Å². The average molecular weight is 294 g/mol. The van der Waals surface area contributed by atoms with Gasteiger partial charge in [0.1, 0.15) is 11.7 Å². The maximum Gasteiger partial charge on any atom is 0.354 e. The monoisotopic (exact) mass is 294 g/mol. The van der Waals surface area contributed by atoms with E-state index in [1.165, 1.54) is 12.3 Å². The molecule has 1 aromatic rings. The molecule has 0 aromatic carbocycles. The van der Waals surface area contributed by atoms with E-state index in [0.717, 1.165) is 0 Å². The smallest absolute Gasteiger partial charge is 0.354 e. The molecule has 0 bridgehead atoms. The number of aliphatic carboxylic acids is 2. The third-order valence-electron chi connectivity index (χ3n) is 3.61. The number of hydrogen-bond donors (Lipinski definition) is 4. The Kier molecular flexibility index (Phi) is 4.18. The highest BCUT2D eigenvalue weighted by Gasteiger charge is 2.42. The first-order valence-electron chi connectivity index (χ1n) is 6.27. The van der Waals surface area contributed by atoms with E-state index in [9.17, 15) is 14.4 Å². The zero-order valence-corrected chi connectivity index (χ0v) is 10.9. The van der Waals surface area contributed by atoms with Gasteiger partial charge in [0.2, 0.25) is 0 Å². The van der Waals surface area contributed by atoms with Crippen molar-refractivity contribution < 1.29 is 29.7 Å². The number of carbonyl (C=O) groups is 3. The summed E-state index contributed by atoms with van der Waals surface area (Å²) in [5.74, 6) is -4.28. The Bertz CT molecular complexity index is 571. The number of aromatic nitrogens is 1. The van der Waals surface area contributed by atoms with Gasteiger partial charge in [-0.1, -0.05) is 6.07 Å². The quantitative estimate of drug-likeness (QED) is 0.596. The average Bonchev–Trinajstić information content (AvgIpc) is 2.81. The number of aromatic carboxylic acids is 1. The number of nitrogens with one attached hydrogen (secondary N) is 1. The van der Waals surface area contributed by atoms with E-state index in [1.807, 2.05) is 0 Å². The number of pyridine rings is 1. The van der Waals surface area contributed by atoms with E-state index in [-0.39, 0.29) is 18.0 Å².